The monoisotopic (exact) mass is 210 g/mol. The summed E-state index contributed by atoms with van der Waals surface area (Å²) in [6.07, 6.45) is 7.92. The Balaban J connectivity index is 1.85. The summed E-state index contributed by atoms with van der Waals surface area (Å²) in [5.74, 6) is 0.964. The molecule has 0 aromatic rings. The molecule has 2 heteroatoms. The summed E-state index contributed by atoms with van der Waals surface area (Å²) in [5.41, 5.74) is 0.360. The molecule has 3 saturated carbocycles. The van der Waals surface area contributed by atoms with Gasteiger partial charge in [0.2, 0.25) is 0 Å². The molecule has 3 aliphatic carbocycles. The van der Waals surface area contributed by atoms with E-state index in [-0.39, 0.29) is 11.9 Å². The summed E-state index contributed by atoms with van der Waals surface area (Å²) in [6.45, 7) is 4.48. The van der Waals surface area contributed by atoms with Gasteiger partial charge in [-0.05, 0) is 44.4 Å². The number of fused-ring (bicyclic) bond motifs is 3. The van der Waals surface area contributed by atoms with Crippen LogP contribution in [-0.4, -0.2) is 12.6 Å². The number of ether oxygens (including phenoxy) is 1. The lowest BCUT2D eigenvalue weighted by Gasteiger charge is -2.46. The number of hydrogen-bond donors (Lipinski definition) is 0. The zero-order valence-electron chi connectivity index (χ0n) is 9.92. The number of hydrogen-bond acceptors (Lipinski definition) is 2. The maximum atomic E-state index is 11.4. The fourth-order valence-corrected chi connectivity index (χ4v) is 2.95. The molecule has 0 aliphatic heterocycles. The van der Waals surface area contributed by atoms with Crippen molar-refractivity contribution in [1.82, 2.24) is 0 Å². The van der Waals surface area contributed by atoms with Crippen LogP contribution < -0.4 is 0 Å². The zero-order valence-corrected chi connectivity index (χ0v) is 9.92. The van der Waals surface area contributed by atoms with Crippen LogP contribution in [0.4, 0.5) is 0 Å². The van der Waals surface area contributed by atoms with Crippen LogP contribution in [0, 0.1) is 17.3 Å². The van der Waals surface area contributed by atoms with Gasteiger partial charge in [-0.25, -0.2) is 0 Å². The molecule has 86 valence electrons. The van der Waals surface area contributed by atoms with Crippen molar-refractivity contribution in [2.75, 3.05) is 6.61 Å². The Morgan fingerprint density at radius 3 is 2.27 bits per heavy atom. The predicted molar refractivity (Wildman–Crippen MR) is 59.4 cm³/mol. The second kappa shape index (κ2) is 4.15. The first kappa shape index (κ1) is 11.0. The second-order valence-corrected chi connectivity index (χ2v) is 5.74. The van der Waals surface area contributed by atoms with Gasteiger partial charge in [-0.3, -0.25) is 4.79 Å². The Hall–Kier alpha value is -0.530. The molecule has 0 amide bonds. The molecule has 0 aromatic carbocycles. The van der Waals surface area contributed by atoms with Gasteiger partial charge in [-0.2, -0.15) is 0 Å². The highest BCUT2D eigenvalue weighted by Crippen LogP contribution is 2.50. The van der Waals surface area contributed by atoms with Crippen molar-refractivity contribution < 1.29 is 9.53 Å². The quantitative estimate of drug-likeness (QED) is 0.669. The molecule has 3 fully saturated rings. The standard InChI is InChI=1S/C13H22O2/c1-10(2)12(14)15-9-13-6-3-11(4-7-13)5-8-13/h10-11H,3-9H2,1-2H3. The summed E-state index contributed by atoms with van der Waals surface area (Å²) in [4.78, 5) is 11.4. The van der Waals surface area contributed by atoms with E-state index in [1.54, 1.807) is 0 Å². The van der Waals surface area contributed by atoms with Crippen molar-refractivity contribution in [1.29, 1.82) is 0 Å². The summed E-state index contributed by atoms with van der Waals surface area (Å²) < 4.78 is 5.42. The molecular formula is C13H22O2. The van der Waals surface area contributed by atoms with Crippen LogP contribution in [0.5, 0.6) is 0 Å². The second-order valence-electron chi connectivity index (χ2n) is 5.74. The molecule has 0 radical (unpaired) electrons. The van der Waals surface area contributed by atoms with Crippen LogP contribution in [0.1, 0.15) is 52.4 Å². The molecule has 15 heavy (non-hydrogen) atoms. The van der Waals surface area contributed by atoms with Crippen LogP contribution in [-0.2, 0) is 9.53 Å². The normalized spacial score (nSPS) is 34.5. The third-order valence-electron chi connectivity index (χ3n) is 4.24. The molecule has 3 aliphatic rings. The Morgan fingerprint density at radius 1 is 1.27 bits per heavy atom. The molecule has 3 rings (SSSR count). The van der Waals surface area contributed by atoms with Crippen LogP contribution in [0.25, 0.3) is 0 Å². The smallest absolute Gasteiger partial charge is 0.308 e. The molecule has 0 saturated heterocycles. The van der Waals surface area contributed by atoms with Gasteiger partial charge < -0.3 is 4.74 Å². The average molecular weight is 210 g/mol. The van der Waals surface area contributed by atoms with Crippen molar-refractivity contribution in [2.45, 2.75) is 52.4 Å². The van der Waals surface area contributed by atoms with Crippen molar-refractivity contribution in [3.05, 3.63) is 0 Å². The molecule has 0 aromatic heterocycles. The van der Waals surface area contributed by atoms with Gasteiger partial charge >= 0.3 is 5.97 Å². The Morgan fingerprint density at radius 2 is 1.80 bits per heavy atom. The molecular weight excluding hydrogens is 188 g/mol. The highest BCUT2D eigenvalue weighted by Gasteiger charge is 2.41. The van der Waals surface area contributed by atoms with E-state index in [1.807, 2.05) is 13.8 Å². The first-order valence-corrected chi connectivity index (χ1v) is 6.28. The fourth-order valence-electron chi connectivity index (χ4n) is 2.95. The van der Waals surface area contributed by atoms with Gasteiger partial charge in [0.25, 0.3) is 0 Å². The van der Waals surface area contributed by atoms with E-state index in [4.69, 9.17) is 4.74 Å². The van der Waals surface area contributed by atoms with Gasteiger partial charge in [-0.15, -0.1) is 0 Å². The lowest BCUT2D eigenvalue weighted by molar-refractivity contribution is -0.153. The minimum absolute atomic E-state index is 0.0151. The van der Waals surface area contributed by atoms with E-state index in [0.29, 0.717) is 12.0 Å². The maximum absolute atomic E-state index is 11.4. The third-order valence-corrected chi connectivity index (χ3v) is 4.24. The Bertz CT molecular complexity index is 223. The molecule has 0 spiro atoms. The number of carbonyl (C=O) groups is 1. The minimum atomic E-state index is -0.0305. The van der Waals surface area contributed by atoms with Crippen LogP contribution in [0.15, 0.2) is 0 Å². The first-order valence-electron chi connectivity index (χ1n) is 6.28. The van der Waals surface area contributed by atoms with E-state index >= 15 is 0 Å². The lowest BCUT2D eigenvalue weighted by atomic mass is 9.61. The maximum Gasteiger partial charge on any atom is 0.308 e. The average Bonchev–Trinajstić information content (AvgIpc) is 2.28. The van der Waals surface area contributed by atoms with Crippen molar-refractivity contribution >= 4 is 5.97 Å². The van der Waals surface area contributed by atoms with Crippen molar-refractivity contribution in [3.63, 3.8) is 0 Å². The molecule has 0 heterocycles. The topological polar surface area (TPSA) is 26.3 Å². The molecule has 0 N–H and O–H groups in total. The van der Waals surface area contributed by atoms with E-state index in [9.17, 15) is 4.79 Å². The van der Waals surface area contributed by atoms with Gasteiger partial charge in [0, 0.05) is 5.41 Å². The third kappa shape index (κ3) is 2.35. The van der Waals surface area contributed by atoms with Gasteiger partial charge in [-0.1, -0.05) is 13.8 Å². The zero-order chi connectivity index (χ0) is 10.9. The highest BCUT2D eigenvalue weighted by atomic mass is 16.5. The van der Waals surface area contributed by atoms with E-state index < -0.39 is 0 Å². The number of carbonyl (C=O) groups excluding carboxylic acids is 1. The highest BCUT2D eigenvalue weighted by molar-refractivity contribution is 5.71. The first-order chi connectivity index (χ1) is 7.11. The Labute approximate surface area is 92.4 Å². The molecule has 2 nitrogen and oxygen atoms in total. The van der Waals surface area contributed by atoms with Crippen molar-refractivity contribution in [2.24, 2.45) is 17.3 Å². The van der Waals surface area contributed by atoms with E-state index in [2.05, 4.69) is 0 Å². The molecule has 0 unspecified atom stereocenters. The summed E-state index contributed by atoms with van der Waals surface area (Å²) in [6, 6.07) is 0. The van der Waals surface area contributed by atoms with Crippen LogP contribution in [0.3, 0.4) is 0 Å². The predicted octanol–water partition coefficient (Wildman–Crippen LogP) is 3.16. The van der Waals surface area contributed by atoms with Crippen LogP contribution in [0.2, 0.25) is 0 Å². The number of esters is 1. The molecule has 0 atom stereocenters. The summed E-state index contributed by atoms with van der Waals surface area (Å²) in [5, 5.41) is 0. The minimum Gasteiger partial charge on any atom is -0.465 e. The van der Waals surface area contributed by atoms with E-state index in [0.717, 1.165) is 5.92 Å². The van der Waals surface area contributed by atoms with Gasteiger partial charge in [0.15, 0.2) is 0 Å². The number of rotatable bonds is 3. The van der Waals surface area contributed by atoms with Crippen LogP contribution >= 0.6 is 0 Å². The largest absolute Gasteiger partial charge is 0.465 e. The molecule has 2 bridgehead atoms. The van der Waals surface area contributed by atoms with Gasteiger partial charge in [0.05, 0.1) is 12.5 Å². The van der Waals surface area contributed by atoms with E-state index in [1.165, 1.54) is 38.5 Å². The Kier molecular flexibility index (Phi) is 3.03. The summed E-state index contributed by atoms with van der Waals surface area (Å²) >= 11 is 0. The van der Waals surface area contributed by atoms with Crippen molar-refractivity contribution in [3.8, 4) is 0 Å². The van der Waals surface area contributed by atoms with Gasteiger partial charge in [0.1, 0.15) is 0 Å². The fraction of sp³-hybridized carbons (Fsp3) is 0.923. The lowest BCUT2D eigenvalue weighted by Crippen LogP contribution is -2.38. The SMILES string of the molecule is CC(C)C(=O)OCC12CCC(CC1)CC2. The summed E-state index contributed by atoms with van der Waals surface area (Å²) in [7, 11) is 0.